The van der Waals surface area contributed by atoms with Crippen LogP contribution in [0.1, 0.15) is 23.5 Å². The van der Waals surface area contributed by atoms with Crippen molar-refractivity contribution >= 4 is 17.7 Å². The van der Waals surface area contributed by atoms with Crippen LogP contribution in [0.15, 0.2) is 59.1 Å². The zero-order chi connectivity index (χ0) is 21.1. The zero-order valence-corrected chi connectivity index (χ0v) is 17.9. The maximum Gasteiger partial charge on any atom is 0.232 e. The second kappa shape index (κ2) is 8.82. The maximum absolute atomic E-state index is 12.8. The van der Waals surface area contributed by atoms with E-state index in [0.29, 0.717) is 30.3 Å². The van der Waals surface area contributed by atoms with E-state index in [1.807, 2.05) is 55.6 Å². The molecule has 0 saturated carbocycles. The quantitative estimate of drug-likeness (QED) is 0.802. The Kier molecular flexibility index (Phi) is 5.98. The number of nitriles is 1. The third kappa shape index (κ3) is 4.02. The van der Waals surface area contributed by atoms with Crippen LogP contribution in [-0.2, 0) is 11.4 Å². The molecule has 2 atom stereocenters. The number of carbonyl (C=O) groups is 1. The van der Waals surface area contributed by atoms with E-state index < -0.39 is 0 Å². The van der Waals surface area contributed by atoms with Gasteiger partial charge in [-0.05, 0) is 35.0 Å². The van der Waals surface area contributed by atoms with Crippen LogP contribution < -0.4 is 14.4 Å². The van der Waals surface area contributed by atoms with Crippen molar-refractivity contribution in [1.29, 1.82) is 5.26 Å². The molecule has 2 aromatic carbocycles. The maximum atomic E-state index is 12.8. The number of allylic oxidation sites excluding steroid dienone is 1. The molecule has 0 aromatic heterocycles. The molecule has 4 rings (SSSR count). The third-order valence-corrected chi connectivity index (χ3v) is 6.69. The number of nitrogens with one attached hydrogen (secondary N) is 1. The lowest BCUT2D eigenvalue weighted by atomic mass is 9.86. The summed E-state index contributed by atoms with van der Waals surface area (Å²) in [6.45, 7) is 1.04. The molecule has 2 aromatic rings. The molecule has 0 radical (unpaired) electrons. The van der Waals surface area contributed by atoms with E-state index in [1.54, 1.807) is 23.8 Å². The molecule has 0 bridgehead atoms. The summed E-state index contributed by atoms with van der Waals surface area (Å²) in [6, 6.07) is 18.0. The van der Waals surface area contributed by atoms with E-state index in [2.05, 4.69) is 6.07 Å². The van der Waals surface area contributed by atoms with Gasteiger partial charge in [0.1, 0.15) is 17.5 Å². The van der Waals surface area contributed by atoms with E-state index in [0.717, 1.165) is 22.0 Å². The summed E-state index contributed by atoms with van der Waals surface area (Å²) in [7, 11) is 3.65. The third-order valence-electron chi connectivity index (χ3n) is 5.33. The van der Waals surface area contributed by atoms with Crippen LogP contribution in [0.5, 0.6) is 11.5 Å². The highest BCUT2D eigenvalue weighted by molar-refractivity contribution is 8.02. The topological polar surface area (TPSA) is 67.0 Å². The number of quaternary nitrogens is 1. The van der Waals surface area contributed by atoms with Crippen LogP contribution in [0.2, 0.25) is 0 Å². The minimum atomic E-state index is -0.267. The van der Waals surface area contributed by atoms with Gasteiger partial charge >= 0.3 is 0 Å². The first kappa shape index (κ1) is 20.3. The molecular formula is C23H24N3O3S+. The Morgan fingerprint density at radius 3 is 2.77 bits per heavy atom. The lowest BCUT2D eigenvalue weighted by Crippen LogP contribution is -3.11. The minimum absolute atomic E-state index is 0.0592. The summed E-state index contributed by atoms with van der Waals surface area (Å²) in [4.78, 5) is 15.8. The lowest BCUT2D eigenvalue weighted by molar-refractivity contribution is -0.876. The summed E-state index contributed by atoms with van der Waals surface area (Å²) in [5.74, 6) is 1.87. The number of benzene rings is 2. The largest absolute Gasteiger partial charge is 0.493 e. The first-order valence-corrected chi connectivity index (χ1v) is 10.8. The van der Waals surface area contributed by atoms with Crippen LogP contribution in [0, 0.1) is 11.3 Å². The van der Waals surface area contributed by atoms with Crippen molar-refractivity contribution in [2.75, 3.05) is 26.7 Å². The van der Waals surface area contributed by atoms with E-state index in [1.165, 1.54) is 4.90 Å². The Morgan fingerprint density at radius 2 is 2.03 bits per heavy atom. The monoisotopic (exact) mass is 422 g/mol. The molecule has 2 aliphatic heterocycles. The van der Waals surface area contributed by atoms with Crippen LogP contribution in [-0.4, -0.2) is 37.5 Å². The predicted octanol–water partition coefficient (Wildman–Crippen LogP) is 2.50. The number of hydrogen-bond acceptors (Lipinski definition) is 5. The van der Waals surface area contributed by atoms with Gasteiger partial charge in [-0.15, -0.1) is 0 Å². The predicted molar refractivity (Wildman–Crippen MR) is 115 cm³/mol. The molecule has 2 aliphatic rings. The average molecular weight is 423 g/mol. The first-order valence-electron chi connectivity index (χ1n) is 9.84. The molecule has 0 aliphatic carbocycles. The van der Waals surface area contributed by atoms with Gasteiger partial charge in [0.15, 0.2) is 18.2 Å². The summed E-state index contributed by atoms with van der Waals surface area (Å²) in [5.41, 5.74) is 2.62. The van der Waals surface area contributed by atoms with Gasteiger partial charge in [-0.2, -0.15) is 5.26 Å². The number of fused-ring (bicyclic) bond motifs is 1. The number of methoxy groups -OCH3 is 1. The first-order chi connectivity index (χ1) is 14.6. The molecule has 1 N–H and O–H groups in total. The summed E-state index contributed by atoms with van der Waals surface area (Å²) in [6.07, 6.45) is 0.285. The second-order valence-corrected chi connectivity index (χ2v) is 8.46. The van der Waals surface area contributed by atoms with Crippen molar-refractivity contribution in [1.82, 2.24) is 4.90 Å². The van der Waals surface area contributed by atoms with Gasteiger partial charge in [-0.25, -0.2) is 0 Å². The zero-order valence-electron chi connectivity index (χ0n) is 17.1. The van der Waals surface area contributed by atoms with Crippen molar-refractivity contribution in [2.24, 2.45) is 0 Å². The van der Waals surface area contributed by atoms with Gasteiger partial charge in [-0.3, -0.25) is 9.69 Å². The molecule has 1 fully saturated rings. The van der Waals surface area contributed by atoms with Crippen LogP contribution >= 0.6 is 11.8 Å². The summed E-state index contributed by atoms with van der Waals surface area (Å²) >= 11 is 1.58. The fourth-order valence-electron chi connectivity index (χ4n) is 3.78. The SMILES string of the molecule is COc1cc([C@@H]2CC(=O)N3C[NH+](C)CSC3=C2C#N)ccc1OCc1ccccc1. The normalized spacial score (nSPS) is 21.1. The molecule has 1 saturated heterocycles. The molecule has 1 amide bonds. The molecule has 0 spiro atoms. The Hall–Kier alpha value is -2.95. The molecule has 6 nitrogen and oxygen atoms in total. The van der Waals surface area contributed by atoms with Gasteiger partial charge in [-0.1, -0.05) is 36.4 Å². The lowest BCUT2D eigenvalue weighted by Gasteiger charge is -2.37. The number of carbonyl (C=O) groups excluding carboxylic acids is 1. The summed E-state index contributed by atoms with van der Waals surface area (Å²) < 4.78 is 11.5. The van der Waals surface area contributed by atoms with Crippen molar-refractivity contribution in [3.8, 4) is 17.6 Å². The van der Waals surface area contributed by atoms with Crippen LogP contribution in [0.25, 0.3) is 0 Å². The van der Waals surface area contributed by atoms with E-state index in [9.17, 15) is 10.1 Å². The number of amides is 1. The van der Waals surface area contributed by atoms with Gasteiger partial charge in [0.2, 0.25) is 5.91 Å². The highest BCUT2D eigenvalue weighted by atomic mass is 32.2. The van der Waals surface area contributed by atoms with Gasteiger partial charge < -0.3 is 14.4 Å². The van der Waals surface area contributed by atoms with E-state index in [-0.39, 0.29) is 18.2 Å². The summed E-state index contributed by atoms with van der Waals surface area (Å²) in [5, 5.41) is 10.7. The van der Waals surface area contributed by atoms with Gasteiger partial charge in [0.25, 0.3) is 0 Å². The second-order valence-electron chi connectivity index (χ2n) is 7.50. The fraction of sp³-hybridized carbons (Fsp3) is 0.304. The van der Waals surface area contributed by atoms with Crippen LogP contribution in [0.4, 0.5) is 0 Å². The van der Waals surface area contributed by atoms with Crippen molar-refractivity contribution in [3.05, 3.63) is 70.3 Å². The van der Waals surface area contributed by atoms with Crippen molar-refractivity contribution in [3.63, 3.8) is 0 Å². The van der Waals surface area contributed by atoms with E-state index >= 15 is 0 Å². The Labute approximate surface area is 180 Å². The standard InChI is InChI=1S/C23H23N3O3S/c1-25-14-26-22(27)11-18(19(12-24)23(26)30-15-25)17-8-9-20(21(10-17)28-2)29-13-16-6-4-3-5-7-16/h3-10,18H,11,13-15H2,1-2H3/p+1/t18-/m0/s1. The molecule has 2 heterocycles. The van der Waals surface area contributed by atoms with Gasteiger partial charge in [0, 0.05) is 12.3 Å². The van der Waals surface area contributed by atoms with Crippen molar-refractivity contribution in [2.45, 2.75) is 18.9 Å². The Morgan fingerprint density at radius 1 is 1.23 bits per heavy atom. The number of ether oxygens (including phenoxy) is 2. The molecule has 7 heteroatoms. The smallest absolute Gasteiger partial charge is 0.232 e. The number of hydrogen-bond donors (Lipinski definition) is 1. The molecular weight excluding hydrogens is 398 g/mol. The number of rotatable bonds is 5. The molecule has 1 unspecified atom stereocenters. The molecule has 30 heavy (non-hydrogen) atoms. The highest BCUT2D eigenvalue weighted by Gasteiger charge is 2.39. The Balaban J connectivity index is 1.61. The van der Waals surface area contributed by atoms with E-state index in [4.69, 9.17) is 9.47 Å². The van der Waals surface area contributed by atoms with Crippen molar-refractivity contribution < 1.29 is 19.2 Å². The Bertz CT molecular complexity index is 1020. The fourth-order valence-corrected chi connectivity index (χ4v) is 4.92. The van der Waals surface area contributed by atoms with Gasteiger partial charge in [0.05, 0.1) is 25.8 Å². The number of thioether (sulfide) groups is 1. The van der Waals surface area contributed by atoms with Crippen LogP contribution in [0.3, 0.4) is 0 Å². The average Bonchev–Trinajstić information content (AvgIpc) is 2.78. The minimum Gasteiger partial charge on any atom is -0.493 e. The molecule has 154 valence electrons. The highest BCUT2D eigenvalue weighted by Crippen LogP contribution is 2.42. The number of nitrogens with zero attached hydrogens (tertiary/aromatic N) is 2.